The normalized spacial score (nSPS) is 18.7. The Morgan fingerprint density at radius 1 is 1.19 bits per heavy atom. The lowest BCUT2D eigenvalue weighted by Crippen LogP contribution is -2.42. The van der Waals surface area contributed by atoms with E-state index in [1.165, 1.54) is 0 Å². The van der Waals surface area contributed by atoms with Crippen molar-refractivity contribution >= 4 is 23.1 Å². The number of nitrogens with zero attached hydrogens (tertiary/aromatic N) is 2. The Hall–Kier alpha value is -3.11. The molecule has 1 aromatic carbocycles. The summed E-state index contributed by atoms with van der Waals surface area (Å²) in [6, 6.07) is 11.3. The maximum absolute atomic E-state index is 13.0. The summed E-state index contributed by atoms with van der Waals surface area (Å²) in [7, 11) is 0. The fourth-order valence-corrected chi connectivity index (χ4v) is 4.12. The smallest absolute Gasteiger partial charge is 0.255 e. The predicted molar refractivity (Wildman–Crippen MR) is 127 cm³/mol. The van der Waals surface area contributed by atoms with Crippen LogP contribution in [-0.2, 0) is 0 Å². The van der Waals surface area contributed by atoms with Gasteiger partial charge in [-0.15, -0.1) is 0 Å². The molecule has 1 heterocycles. The third-order valence-electron chi connectivity index (χ3n) is 5.94. The zero-order valence-electron chi connectivity index (χ0n) is 19.3. The van der Waals surface area contributed by atoms with E-state index in [1.807, 2.05) is 45.9 Å². The third-order valence-corrected chi connectivity index (χ3v) is 5.94. The second kappa shape index (κ2) is 10.0. The van der Waals surface area contributed by atoms with Crippen LogP contribution in [0.5, 0.6) is 0 Å². The zero-order chi connectivity index (χ0) is 23.3. The maximum Gasteiger partial charge on any atom is 0.255 e. The van der Waals surface area contributed by atoms with Crippen LogP contribution in [0.2, 0.25) is 0 Å². The molecule has 1 amide bonds. The van der Waals surface area contributed by atoms with Crippen molar-refractivity contribution in [2.45, 2.75) is 71.1 Å². The molecule has 2 aromatic rings. The van der Waals surface area contributed by atoms with Crippen molar-refractivity contribution in [1.82, 2.24) is 10.3 Å². The largest absolute Gasteiger partial charge is 0.390 e. The summed E-state index contributed by atoms with van der Waals surface area (Å²) in [4.78, 5) is 17.5. The van der Waals surface area contributed by atoms with Gasteiger partial charge in [0.1, 0.15) is 5.82 Å². The molecule has 0 unspecified atom stereocenters. The van der Waals surface area contributed by atoms with Crippen LogP contribution in [0.15, 0.2) is 36.5 Å². The quantitative estimate of drug-likeness (QED) is 0.507. The minimum absolute atomic E-state index is 0.101. The number of aliphatic hydroxyl groups is 1. The van der Waals surface area contributed by atoms with Gasteiger partial charge in [-0.1, -0.05) is 0 Å². The summed E-state index contributed by atoms with van der Waals surface area (Å²) < 4.78 is 0. The summed E-state index contributed by atoms with van der Waals surface area (Å²) >= 11 is 0. The van der Waals surface area contributed by atoms with Gasteiger partial charge in [0.25, 0.3) is 5.91 Å². The van der Waals surface area contributed by atoms with E-state index in [-0.39, 0.29) is 23.9 Å². The fraction of sp³-hybridized carbons (Fsp3) is 0.480. The number of carbonyl (C=O) groups excluding carboxylic acids is 1. The van der Waals surface area contributed by atoms with Gasteiger partial charge in [-0.05, 0) is 83.6 Å². The highest BCUT2D eigenvalue weighted by Crippen LogP contribution is 2.33. The van der Waals surface area contributed by atoms with Gasteiger partial charge in [0.2, 0.25) is 0 Å². The molecule has 1 fully saturated rings. The number of benzene rings is 1. The van der Waals surface area contributed by atoms with Gasteiger partial charge in [-0.2, -0.15) is 5.26 Å². The average molecular weight is 436 g/mol. The Balaban J connectivity index is 1.71. The Morgan fingerprint density at radius 2 is 1.84 bits per heavy atom. The van der Waals surface area contributed by atoms with E-state index in [4.69, 9.17) is 5.26 Å². The predicted octanol–water partition coefficient (Wildman–Crippen LogP) is 4.58. The van der Waals surface area contributed by atoms with Crippen molar-refractivity contribution in [3.05, 3.63) is 47.7 Å². The van der Waals surface area contributed by atoms with Gasteiger partial charge >= 0.3 is 0 Å². The molecular formula is C25H33N5O2. The van der Waals surface area contributed by atoms with Crippen LogP contribution in [0.4, 0.5) is 17.2 Å². The molecule has 0 saturated heterocycles. The SMILES string of the molecule is CC(C)Nc1cc(Nc2ccc(C#N)cc2)ncc1C(=O)NC1CCC(C(C)(C)O)CC1. The second-order valence-electron chi connectivity index (χ2n) is 9.40. The first-order chi connectivity index (χ1) is 15.2. The molecule has 4 N–H and O–H groups in total. The van der Waals surface area contributed by atoms with Gasteiger partial charge in [0.15, 0.2) is 0 Å². The molecule has 0 aliphatic heterocycles. The number of aromatic nitrogens is 1. The molecule has 170 valence electrons. The number of anilines is 3. The van der Waals surface area contributed by atoms with Crippen molar-refractivity contribution in [1.29, 1.82) is 5.26 Å². The van der Waals surface area contributed by atoms with Crippen LogP contribution in [0, 0.1) is 17.2 Å². The first kappa shape index (κ1) is 23.6. The highest BCUT2D eigenvalue weighted by molar-refractivity contribution is 6.00. The number of nitriles is 1. The van der Waals surface area contributed by atoms with E-state index in [2.05, 4.69) is 27.0 Å². The van der Waals surface area contributed by atoms with Crippen LogP contribution in [0.1, 0.15) is 69.3 Å². The molecule has 1 aliphatic rings. The lowest BCUT2D eigenvalue weighted by Gasteiger charge is -2.36. The summed E-state index contributed by atoms with van der Waals surface area (Å²) in [5.41, 5.74) is 1.95. The Labute approximate surface area is 190 Å². The van der Waals surface area contributed by atoms with Gasteiger partial charge in [0, 0.05) is 30.0 Å². The van der Waals surface area contributed by atoms with E-state index in [1.54, 1.807) is 18.3 Å². The number of nitrogens with one attached hydrogen (secondary N) is 3. The molecule has 0 spiro atoms. The minimum atomic E-state index is -0.676. The lowest BCUT2D eigenvalue weighted by atomic mass is 9.77. The standard InChI is InChI=1S/C25H33N5O2/c1-16(2)28-22-13-23(29-19-9-5-17(14-26)6-10-19)27-15-21(22)24(31)30-20-11-7-18(8-12-20)25(3,4)32/h5-6,9-10,13,15-16,18,20,32H,7-8,11-12H2,1-4H3,(H,30,31)(H2,27,28,29). The summed E-state index contributed by atoms with van der Waals surface area (Å²) in [5.74, 6) is 0.737. The van der Waals surface area contributed by atoms with Crippen molar-refractivity contribution in [2.75, 3.05) is 10.6 Å². The van der Waals surface area contributed by atoms with Crippen molar-refractivity contribution in [2.24, 2.45) is 5.92 Å². The zero-order valence-corrected chi connectivity index (χ0v) is 19.3. The number of hydrogen-bond donors (Lipinski definition) is 4. The summed E-state index contributed by atoms with van der Waals surface area (Å²) in [6.45, 7) is 7.76. The van der Waals surface area contributed by atoms with Gasteiger partial charge < -0.3 is 21.1 Å². The molecular weight excluding hydrogens is 402 g/mol. The van der Waals surface area contributed by atoms with Crippen molar-refractivity contribution in [3.63, 3.8) is 0 Å². The molecule has 0 atom stereocenters. The second-order valence-corrected chi connectivity index (χ2v) is 9.40. The number of amides is 1. The molecule has 1 saturated carbocycles. The molecule has 0 bridgehead atoms. The van der Waals surface area contributed by atoms with E-state index >= 15 is 0 Å². The molecule has 1 aliphatic carbocycles. The van der Waals surface area contributed by atoms with Crippen molar-refractivity contribution in [3.8, 4) is 6.07 Å². The molecule has 7 heteroatoms. The molecule has 0 radical (unpaired) electrons. The summed E-state index contributed by atoms with van der Waals surface area (Å²) in [6.07, 6.45) is 5.11. The molecule has 7 nitrogen and oxygen atoms in total. The van der Waals surface area contributed by atoms with E-state index in [0.29, 0.717) is 22.6 Å². The molecule has 3 rings (SSSR count). The number of carbonyl (C=O) groups is 1. The number of pyridine rings is 1. The molecule has 1 aromatic heterocycles. The van der Waals surface area contributed by atoms with Gasteiger partial charge in [0.05, 0.1) is 28.5 Å². The van der Waals surface area contributed by atoms with E-state index in [0.717, 1.165) is 31.4 Å². The number of rotatable bonds is 7. The minimum Gasteiger partial charge on any atom is -0.390 e. The van der Waals surface area contributed by atoms with Gasteiger partial charge in [-0.25, -0.2) is 4.98 Å². The topological polar surface area (TPSA) is 110 Å². The van der Waals surface area contributed by atoms with Gasteiger partial charge in [-0.3, -0.25) is 4.79 Å². The maximum atomic E-state index is 13.0. The van der Waals surface area contributed by atoms with Crippen LogP contribution in [0.25, 0.3) is 0 Å². The lowest BCUT2D eigenvalue weighted by molar-refractivity contribution is -0.00257. The van der Waals surface area contributed by atoms with Crippen LogP contribution in [-0.4, -0.2) is 33.7 Å². The molecule has 32 heavy (non-hydrogen) atoms. The first-order valence-electron chi connectivity index (χ1n) is 11.2. The fourth-order valence-electron chi connectivity index (χ4n) is 4.12. The van der Waals surface area contributed by atoms with Crippen LogP contribution in [0.3, 0.4) is 0 Å². The Kier molecular flexibility index (Phi) is 7.37. The van der Waals surface area contributed by atoms with Crippen LogP contribution < -0.4 is 16.0 Å². The highest BCUT2D eigenvalue weighted by atomic mass is 16.3. The average Bonchev–Trinajstić information content (AvgIpc) is 2.74. The highest BCUT2D eigenvalue weighted by Gasteiger charge is 2.32. The van der Waals surface area contributed by atoms with E-state index < -0.39 is 5.60 Å². The Morgan fingerprint density at radius 3 is 2.41 bits per heavy atom. The number of hydrogen-bond acceptors (Lipinski definition) is 6. The van der Waals surface area contributed by atoms with Crippen molar-refractivity contribution < 1.29 is 9.90 Å². The third kappa shape index (κ3) is 6.21. The van der Waals surface area contributed by atoms with E-state index in [9.17, 15) is 9.90 Å². The monoisotopic (exact) mass is 435 g/mol. The summed E-state index contributed by atoms with van der Waals surface area (Å²) in [5, 5.41) is 28.9. The van der Waals surface area contributed by atoms with Crippen LogP contribution >= 0.6 is 0 Å². The first-order valence-corrected chi connectivity index (χ1v) is 11.2. The Bertz CT molecular complexity index is 965.